The number of hydrogen-bond acceptors (Lipinski definition) is 0. The second kappa shape index (κ2) is 56.2. The topological polar surface area (TPSA) is 0 Å². The van der Waals surface area contributed by atoms with Gasteiger partial charge in [-0.1, -0.05) is 349 Å². The van der Waals surface area contributed by atoms with E-state index in [-0.39, 0.29) is 23.2 Å². The summed E-state index contributed by atoms with van der Waals surface area (Å²) in [7, 11) is 0. The van der Waals surface area contributed by atoms with Crippen molar-refractivity contribution in [3.8, 4) is 0 Å². The van der Waals surface area contributed by atoms with Crippen molar-refractivity contribution in [2.75, 3.05) is 0 Å². The Labute approximate surface area is 598 Å². The Hall–Kier alpha value is -0.420. The smallest absolute Gasteiger partial charge is 0.113 e. The molecule has 0 amide bonds. The Morgan fingerprint density at radius 2 is 0.543 bits per heavy atom. The van der Waals surface area contributed by atoms with Crippen LogP contribution in [0, 0.1) is 79.3 Å². The summed E-state index contributed by atoms with van der Waals surface area (Å²) in [6, 6.07) is 0. The van der Waals surface area contributed by atoms with Crippen molar-refractivity contribution in [2.45, 2.75) is 495 Å². The van der Waals surface area contributed by atoms with Gasteiger partial charge in [0.15, 0.2) is 0 Å². The van der Waals surface area contributed by atoms with Crippen LogP contribution in [0.15, 0.2) is 0 Å². The van der Waals surface area contributed by atoms with Crippen molar-refractivity contribution >= 4 is 0 Å². The molecule has 0 aliphatic carbocycles. The third-order valence-electron chi connectivity index (χ3n) is 22.5. The van der Waals surface area contributed by atoms with Crippen LogP contribution in [0.3, 0.4) is 0 Å². The van der Waals surface area contributed by atoms with E-state index in [0.29, 0.717) is 89.3 Å². The molecule has 0 heterocycles. The molecule has 0 aliphatic heterocycles. The number of alkyl halides is 6. The highest BCUT2D eigenvalue weighted by molar-refractivity contribution is 4.90. The van der Waals surface area contributed by atoms with Crippen LogP contribution in [-0.2, 0) is 0 Å². The highest BCUT2D eigenvalue weighted by atomic mass is 19.2. The second-order valence-electron chi connectivity index (χ2n) is 37.1. The van der Waals surface area contributed by atoms with Crippen molar-refractivity contribution in [2.24, 2.45) is 79.3 Å². The zero-order valence-electron chi connectivity index (χ0n) is 75.2. The molecule has 0 aromatic rings. The molecule has 0 nitrogen and oxygen atoms in total. The van der Waals surface area contributed by atoms with E-state index in [2.05, 4.69) is 222 Å². The van der Waals surface area contributed by atoms with Gasteiger partial charge in [0.2, 0.25) is 0 Å². The van der Waals surface area contributed by atoms with Crippen LogP contribution >= 0.6 is 0 Å². The third kappa shape index (κ3) is 68.7. The summed E-state index contributed by atoms with van der Waals surface area (Å²) in [5, 5.41) is 0. The first-order valence-corrected chi connectivity index (χ1v) is 39.6. The summed E-state index contributed by atoms with van der Waals surface area (Å²) in [5.74, 6) is 3.11. The summed E-state index contributed by atoms with van der Waals surface area (Å²) >= 11 is 0. The molecule has 0 bridgehead atoms. The molecule has 4 unspecified atom stereocenters. The molecular weight excluding hydrogens is 1170 g/mol. The van der Waals surface area contributed by atoms with E-state index >= 15 is 0 Å². The van der Waals surface area contributed by atoms with Gasteiger partial charge in [0.25, 0.3) is 0 Å². The van der Waals surface area contributed by atoms with E-state index in [4.69, 9.17) is 0 Å². The molecule has 0 saturated carbocycles. The predicted octanol–water partition coefficient (Wildman–Crippen LogP) is 34.7. The molecule has 0 aromatic heterocycles. The fourth-order valence-electron chi connectivity index (χ4n) is 10.1. The minimum Gasteiger partial charge on any atom is -0.244 e. The van der Waals surface area contributed by atoms with Gasteiger partial charge >= 0.3 is 0 Å². The molecule has 0 radical (unpaired) electrons. The van der Waals surface area contributed by atoms with E-state index < -0.39 is 34.0 Å². The molecule has 0 fully saturated rings. The third-order valence-corrected chi connectivity index (χ3v) is 22.5. The summed E-state index contributed by atoms with van der Waals surface area (Å²) < 4.78 is 79.2. The molecule has 586 valence electrons. The largest absolute Gasteiger partial charge is 0.244 e. The summed E-state index contributed by atoms with van der Waals surface area (Å²) in [6.07, 6.45) is 18.3. The first-order valence-electron chi connectivity index (χ1n) is 39.6. The van der Waals surface area contributed by atoms with Gasteiger partial charge in [0, 0.05) is 5.41 Å². The van der Waals surface area contributed by atoms with Gasteiger partial charge in [-0.25, -0.2) is 26.3 Å². The first kappa shape index (κ1) is 118. The van der Waals surface area contributed by atoms with Gasteiger partial charge in [-0.15, -0.1) is 0 Å². The molecule has 94 heavy (non-hydrogen) atoms. The van der Waals surface area contributed by atoms with Crippen molar-refractivity contribution < 1.29 is 26.3 Å². The Morgan fingerprint density at radius 1 is 0.266 bits per heavy atom. The normalized spacial score (nSPS) is 14.9. The molecule has 0 N–H and O–H groups in total. The number of hydrogen-bond donors (Lipinski definition) is 0. The molecule has 4 atom stereocenters. The Kier molecular flexibility index (Phi) is 70.3. The van der Waals surface area contributed by atoms with Crippen LogP contribution in [0.25, 0.3) is 0 Å². The van der Waals surface area contributed by atoms with Crippen molar-refractivity contribution in [3.05, 3.63) is 0 Å². The van der Waals surface area contributed by atoms with Crippen molar-refractivity contribution in [1.82, 2.24) is 0 Å². The Morgan fingerprint density at radius 3 is 0.574 bits per heavy atom. The van der Waals surface area contributed by atoms with Crippen LogP contribution in [0.4, 0.5) is 26.3 Å². The van der Waals surface area contributed by atoms with E-state index in [1.54, 1.807) is 48.5 Å². The summed E-state index contributed by atoms with van der Waals surface area (Å²) in [6.45, 7) is 102. The van der Waals surface area contributed by atoms with Gasteiger partial charge in [-0.3, -0.25) is 0 Å². The lowest BCUT2D eigenvalue weighted by molar-refractivity contribution is 0.00941. The van der Waals surface area contributed by atoms with Gasteiger partial charge in [0.1, 0.15) is 34.0 Å². The molecule has 0 aromatic carbocycles. The molecule has 0 spiro atoms. The number of halogens is 6. The van der Waals surface area contributed by atoms with Gasteiger partial charge in [-0.05, 0) is 187 Å². The van der Waals surface area contributed by atoms with Crippen LogP contribution in [0.5, 0.6) is 0 Å². The predicted molar refractivity (Wildman–Crippen MR) is 430 cm³/mol. The lowest BCUT2D eigenvalue weighted by Gasteiger charge is -2.40. The quantitative estimate of drug-likeness (QED) is 0.0895. The summed E-state index contributed by atoms with van der Waals surface area (Å²) in [5.41, 5.74) is -2.82. The van der Waals surface area contributed by atoms with Crippen LogP contribution in [0.2, 0.25) is 0 Å². The minimum atomic E-state index is -1.04. The van der Waals surface area contributed by atoms with Crippen LogP contribution in [0.1, 0.15) is 461 Å². The lowest BCUT2D eigenvalue weighted by atomic mass is 9.65. The molecule has 6 heteroatoms. The minimum absolute atomic E-state index is 0.137. The van der Waals surface area contributed by atoms with Crippen LogP contribution in [-0.4, -0.2) is 34.0 Å². The standard InChI is InChI=1S/2C10H21F.C10H22.C9H19F.C9H20.2C7H15F.2C7H16.C6H13F.C6H14/c1-7(2)9(8(3)4)10(5,6)11;1-6-9(4,7-2)10(5,11)8-3;1-7-10(6,8-2)9(3,4)5;1-5-8(6-2)9(4,10)7-3;1-6-8(7-2)9(3,4)5;1-5-7(4,8)6(2)3;1-4-6-7(3,8)5-2;1-6(2)7(3,4)5;1-5-6-7(2,3)4;1-4-6(3,7)5-2;1-5-6(2,3)4/h7-9H,1-6H3;6-8H2,1-5H3;7-8H2,1-6H3;8H,5-7H2,1-4H3;8H,6-7H2,1-5H3;6H,5H2,1-4H3;4-6H2,1-3H3;6H,1-5H3;5-6H2,1-4H3;4-5H2,1-3H3;5H2,1-4H3. The molecule has 0 saturated heterocycles. The summed E-state index contributed by atoms with van der Waals surface area (Å²) in [4.78, 5) is 0. The molecule has 0 aliphatic rings. The van der Waals surface area contributed by atoms with Crippen LogP contribution < -0.4 is 0 Å². The highest BCUT2D eigenvalue weighted by Gasteiger charge is 2.41. The second-order valence-corrected chi connectivity index (χ2v) is 37.1. The first-order chi connectivity index (χ1) is 41.5. The highest BCUT2D eigenvalue weighted by Crippen LogP contribution is 2.44. The molecule has 0 rings (SSSR count). The van der Waals surface area contributed by atoms with E-state index in [1.807, 2.05) is 69.2 Å². The Bertz CT molecular complexity index is 1530. The van der Waals surface area contributed by atoms with E-state index in [1.165, 1.54) is 44.9 Å². The van der Waals surface area contributed by atoms with Crippen molar-refractivity contribution in [1.29, 1.82) is 0 Å². The SMILES string of the molecule is CC(C)C(C(C)C)C(C)(C)F.CC(C)C(C)(C)C.CCC(C)(C)C.CCC(C)(CC)C(C)(C)C.CCC(C)(F)C(C)(CC)CC.CCC(C)(F)C(C)C.CCC(C)(F)CC.CCC(CC)C(C)(C)C.CCC(CC)C(C)(F)CC.CCCC(C)(C)C.CCCC(C)(F)CC. The van der Waals surface area contributed by atoms with Gasteiger partial charge < -0.3 is 0 Å². The number of rotatable bonds is 23. The fraction of sp³-hybridized carbons (Fsp3) is 1.00. The molecular formula is C88H192F6. The maximum Gasteiger partial charge on any atom is 0.113 e. The fourth-order valence-corrected chi connectivity index (χ4v) is 10.1. The van der Waals surface area contributed by atoms with Gasteiger partial charge in [-0.2, -0.15) is 0 Å². The average molecular weight is 1360 g/mol. The Balaban J connectivity index is -0.0000000900. The zero-order chi connectivity index (χ0) is 79.0. The van der Waals surface area contributed by atoms with Crippen molar-refractivity contribution in [3.63, 3.8) is 0 Å². The maximum atomic E-state index is 13.9. The zero-order valence-corrected chi connectivity index (χ0v) is 75.2. The maximum absolute atomic E-state index is 13.9. The average Bonchev–Trinajstić information content (AvgIpc) is 0.840. The van der Waals surface area contributed by atoms with E-state index in [0.717, 1.165) is 43.9 Å². The monoisotopic (exact) mass is 1360 g/mol. The lowest BCUT2D eigenvalue weighted by Crippen LogP contribution is -2.38. The van der Waals surface area contributed by atoms with E-state index in [9.17, 15) is 26.3 Å². The van der Waals surface area contributed by atoms with Gasteiger partial charge in [0.05, 0.1) is 0 Å².